The van der Waals surface area contributed by atoms with Crippen molar-refractivity contribution in [1.29, 1.82) is 0 Å². The second-order valence-electron chi connectivity index (χ2n) is 4.93. The van der Waals surface area contributed by atoms with Gasteiger partial charge in [-0.2, -0.15) is 0 Å². The van der Waals surface area contributed by atoms with Crippen molar-refractivity contribution >= 4 is 22.6 Å². The Morgan fingerprint density at radius 2 is 2.26 bits per heavy atom. The van der Waals surface area contributed by atoms with Crippen molar-refractivity contribution in [3.05, 3.63) is 24.0 Å². The molecule has 1 aromatic carbocycles. The third-order valence-electron chi connectivity index (χ3n) is 3.60. The van der Waals surface area contributed by atoms with Gasteiger partial charge in [0.15, 0.2) is 0 Å². The summed E-state index contributed by atoms with van der Waals surface area (Å²) in [6.07, 6.45) is 0. The number of amides is 1. The molecule has 19 heavy (non-hydrogen) atoms. The average Bonchev–Trinajstić information content (AvgIpc) is 2.74. The van der Waals surface area contributed by atoms with Gasteiger partial charge in [-0.05, 0) is 24.7 Å². The van der Waals surface area contributed by atoms with Crippen molar-refractivity contribution in [2.45, 2.75) is 26.9 Å². The van der Waals surface area contributed by atoms with E-state index < -0.39 is 0 Å². The number of nitrogens with zero attached hydrogens (tertiary/aromatic N) is 3. The summed E-state index contributed by atoms with van der Waals surface area (Å²) < 4.78 is 2.28. The summed E-state index contributed by atoms with van der Waals surface area (Å²) in [6, 6.07) is 5.92. The zero-order chi connectivity index (χ0) is 13.4. The third kappa shape index (κ3) is 2.21. The molecular weight excluding hydrogens is 240 g/mol. The predicted octanol–water partition coefficient (Wildman–Crippen LogP) is 1.83. The van der Waals surface area contributed by atoms with Crippen LogP contribution < -0.4 is 5.32 Å². The molecule has 0 aliphatic carbocycles. The molecule has 0 fully saturated rings. The maximum Gasteiger partial charge on any atom is 0.221 e. The largest absolute Gasteiger partial charge is 0.326 e. The number of hydrogen-bond donors (Lipinski definition) is 1. The van der Waals surface area contributed by atoms with Gasteiger partial charge < -0.3 is 9.88 Å². The fourth-order valence-electron chi connectivity index (χ4n) is 2.62. The Balaban J connectivity index is 2.00. The molecule has 3 rings (SSSR count). The minimum atomic E-state index is -0.0551. The number of nitrogens with one attached hydrogen (secondary N) is 1. The van der Waals surface area contributed by atoms with Crippen LogP contribution in [-0.4, -0.2) is 33.4 Å². The van der Waals surface area contributed by atoms with Crippen LogP contribution in [0, 0.1) is 0 Å². The average molecular weight is 258 g/mol. The standard InChI is InChI=1S/C14H18N4O/c1-3-17-6-7-18-13-5-4-11(15-10(2)19)8-12(13)16-14(18)9-17/h4-5,8H,3,6-7,9H2,1-2H3,(H,15,19). The molecule has 0 radical (unpaired) electrons. The van der Waals surface area contributed by atoms with Gasteiger partial charge in [-0.3, -0.25) is 9.69 Å². The summed E-state index contributed by atoms with van der Waals surface area (Å²) in [5, 5.41) is 2.80. The van der Waals surface area contributed by atoms with Crippen LogP contribution in [0.4, 0.5) is 5.69 Å². The van der Waals surface area contributed by atoms with Crippen LogP contribution in [0.15, 0.2) is 18.2 Å². The maximum atomic E-state index is 11.1. The van der Waals surface area contributed by atoms with Crippen molar-refractivity contribution in [1.82, 2.24) is 14.5 Å². The molecule has 1 aliphatic rings. The van der Waals surface area contributed by atoms with Gasteiger partial charge in [0.2, 0.25) is 5.91 Å². The van der Waals surface area contributed by atoms with E-state index in [1.54, 1.807) is 0 Å². The molecule has 2 heterocycles. The lowest BCUT2D eigenvalue weighted by Gasteiger charge is -2.26. The van der Waals surface area contributed by atoms with E-state index in [4.69, 9.17) is 0 Å². The number of rotatable bonds is 2. The highest BCUT2D eigenvalue weighted by Crippen LogP contribution is 2.23. The molecule has 1 N–H and O–H groups in total. The first kappa shape index (κ1) is 12.2. The number of likely N-dealkylation sites (N-methyl/N-ethyl adjacent to an activating group) is 1. The third-order valence-corrected chi connectivity index (χ3v) is 3.60. The number of imidazole rings is 1. The molecule has 5 nitrogen and oxygen atoms in total. The number of anilines is 1. The minimum Gasteiger partial charge on any atom is -0.326 e. The van der Waals surface area contributed by atoms with E-state index in [2.05, 4.69) is 26.7 Å². The normalized spacial score (nSPS) is 15.5. The molecule has 0 atom stereocenters. The molecule has 5 heteroatoms. The summed E-state index contributed by atoms with van der Waals surface area (Å²) >= 11 is 0. The van der Waals surface area contributed by atoms with Gasteiger partial charge in [-0.15, -0.1) is 0 Å². The topological polar surface area (TPSA) is 50.2 Å². The van der Waals surface area contributed by atoms with Gasteiger partial charge in [0.05, 0.1) is 17.6 Å². The zero-order valence-electron chi connectivity index (χ0n) is 11.3. The molecule has 0 saturated carbocycles. The zero-order valence-corrected chi connectivity index (χ0v) is 11.3. The lowest BCUT2D eigenvalue weighted by molar-refractivity contribution is -0.114. The second kappa shape index (κ2) is 4.66. The van der Waals surface area contributed by atoms with Gasteiger partial charge in [0, 0.05) is 25.7 Å². The van der Waals surface area contributed by atoms with E-state index in [1.807, 2.05) is 18.2 Å². The monoisotopic (exact) mass is 258 g/mol. The number of fused-ring (bicyclic) bond motifs is 3. The van der Waals surface area contributed by atoms with E-state index in [0.717, 1.165) is 48.7 Å². The Morgan fingerprint density at radius 1 is 1.42 bits per heavy atom. The minimum absolute atomic E-state index is 0.0551. The summed E-state index contributed by atoms with van der Waals surface area (Å²) in [7, 11) is 0. The van der Waals surface area contributed by atoms with E-state index in [9.17, 15) is 4.79 Å². The molecule has 1 aromatic heterocycles. The second-order valence-corrected chi connectivity index (χ2v) is 4.93. The molecular formula is C14H18N4O. The van der Waals surface area contributed by atoms with Crippen LogP contribution >= 0.6 is 0 Å². The van der Waals surface area contributed by atoms with E-state index in [-0.39, 0.29) is 5.91 Å². The van der Waals surface area contributed by atoms with Gasteiger partial charge >= 0.3 is 0 Å². The fourth-order valence-corrected chi connectivity index (χ4v) is 2.62. The Morgan fingerprint density at radius 3 is 3.00 bits per heavy atom. The number of benzene rings is 1. The van der Waals surface area contributed by atoms with Gasteiger partial charge in [-0.1, -0.05) is 6.92 Å². The van der Waals surface area contributed by atoms with E-state index >= 15 is 0 Å². The number of aromatic nitrogens is 2. The molecule has 0 bridgehead atoms. The Bertz CT molecular complexity index is 632. The van der Waals surface area contributed by atoms with Crippen molar-refractivity contribution in [2.75, 3.05) is 18.4 Å². The van der Waals surface area contributed by atoms with Gasteiger partial charge in [0.1, 0.15) is 5.82 Å². The van der Waals surface area contributed by atoms with Crippen LogP contribution in [0.25, 0.3) is 11.0 Å². The lowest BCUT2D eigenvalue weighted by atomic mass is 10.2. The highest BCUT2D eigenvalue weighted by atomic mass is 16.1. The van der Waals surface area contributed by atoms with Crippen LogP contribution in [0.2, 0.25) is 0 Å². The SMILES string of the molecule is CCN1CCn2c(nc3cc(NC(C)=O)ccc32)C1. The highest BCUT2D eigenvalue weighted by molar-refractivity contribution is 5.91. The number of carbonyl (C=O) groups is 1. The number of carbonyl (C=O) groups excluding carboxylic acids is 1. The van der Waals surface area contributed by atoms with Crippen molar-refractivity contribution in [3.8, 4) is 0 Å². The first-order valence-corrected chi connectivity index (χ1v) is 6.66. The molecule has 0 saturated heterocycles. The quantitative estimate of drug-likeness (QED) is 0.894. The van der Waals surface area contributed by atoms with Crippen molar-refractivity contribution in [3.63, 3.8) is 0 Å². The van der Waals surface area contributed by atoms with Crippen molar-refractivity contribution < 1.29 is 4.79 Å². The Labute approximate surface area is 112 Å². The lowest BCUT2D eigenvalue weighted by Crippen LogP contribution is -2.33. The molecule has 1 aliphatic heterocycles. The van der Waals surface area contributed by atoms with E-state index in [1.165, 1.54) is 6.92 Å². The molecule has 0 spiro atoms. The van der Waals surface area contributed by atoms with Gasteiger partial charge in [0.25, 0.3) is 0 Å². The molecule has 100 valence electrons. The number of hydrogen-bond acceptors (Lipinski definition) is 3. The van der Waals surface area contributed by atoms with E-state index in [0.29, 0.717) is 0 Å². The highest BCUT2D eigenvalue weighted by Gasteiger charge is 2.18. The van der Waals surface area contributed by atoms with Crippen LogP contribution in [0.3, 0.4) is 0 Å². The van der Waals surface area contributed by atoms with Crippen molar-refractivity contribution in [2.24, 2.45) is 0 Å². The van der Waals surface area contributed by atoms with Crippen LogP contribution in [0.5, 0.6) is 0 Å². The predicted molar refractivity (Wildman–Crippen MR) is 75.0 cm³/mol. The first-order valence-electron chi connectivity index (χ1n) is 6.66. The summed E-state index contributed by atoms with van der Waals surface area (Å²) in [5.41, 5.74) is 2.92. The molecule has 0 unspecified atom stereocenters. The molecule has 2 aromatic rings. The first-order chi connectivity index (χ1) is 9.17. The Hall–Kier alpha value is -1.88. The summed E-state index contributed by atoms with van der Waals surface area (Å²) in [4.78, 5) is 18.2. The maximum absolute atomic E-state index is 11.1. The molecule has 1 amide bonds. The van der Waals surface area contributed by atoms with Gasteiger partial charge in [-0.25, -0.2) is 4.98 Å². The van der Waals surface area contributed by atoms with Crippen LogP contribution in [0.1, 0.15) is 19.7 Å². The Kier molecular flexibility index (Phi) is 2.98. The summed E-state index contributed by atoms with van der Waals surface area (Å²) in [5.74, 6) is 1.06. The summed E-state index contributed by atoms with van der Waals surface area (Å²) in [6.45, 7) is 7.71. The van der Waals surface area contributed by atoms with Crippen LogP contribution in [-0.2, 0) is 17.9 Å². The fraction of sp³-hybridized carbons (Fsp3) is 0.429. The smallest absolute Gasteiger partial charge is 0.221 e.